The highest BCUT2D eigenvalue weighted by molar-refractivity contribution is 6.05. The van der Waals surface area contributed by atoms with Gasteiger partial charge < -0.3 is 15.4 Å². The number of pyridine rings is 1. The lowest BCUT2D eigenvalue weighted by Gasteiger charge is -2.40. The van der Waals surface area contributed by atoms with E-state index < -0.39 is 5.54 Å². The Kier molecular flexibility index (Phi) is 2.61. The van der Waals surface area contributed by atoms with Crippen LogP contribution in [0.25, 0.3) is 0 Å². The fourth-order valence-corrected chi connectivity index (χ4v) is 2.78. The number of hydrogen-bond donors (Lipinski definition) is 2. The molecule has 0 saturated heterocycles. The van der Waals surface area contributed by atoms with Crippen molar-refractivity contribution in [2.45, 2.75) is 37.6 Å². The molecule has 1 aliphatic carbocycles. The van der Waals surface area contributed by atoms with Gasteiger partial charge in [-0.3, -0.25) is 4.79 Å². The molecule has 1 saturated carbocycles. The topological polar surface area (TPSA) is 63.2 Å². The molecule has 5 nitrogen and oxygen atoms in total. The number of nitrogens with one attached hydrogen (secondary N) is 2. The minimum absolute atomic E-state index is 0.0710. The summed E-state index contributed by atoms with van der Waals surface area (Å²) < 4.78 is 5.12. The molecule has 0 bridgehead atoms. The van der Waals surface area contributed by atoms with Crippen LogP contribution in [0.4, 0.5) is 11.5 Å². The van der Waals surface area contributed by atoms with Crippen LogP contribution in [0.5, 0.6) is 5.88 Å². The molecule has 18 heavy (non-hydrogen) atoms. The highest BCUT2D eigenvalue weighted by Gasteiger charge is 2.43. The first-order valence-electron chi connectivity index (χ1n) is 6.38. The first-order valence-corrected chi connectivity index (χ1v) is 6.38. The Labute approximate surface area is 106 Å². The van der Waals surface area contributed by atoms with Crippen LogP contribution in [0.3, 0.4) is 0 Å². The number of hydrogen-bond acceptors (Lipinski definition) is 4. The van der Waals surface area contributed by atoms with Gasteiger partial charge in [-0.2, -0.15) is 4.98 Å². The number of nitrogens with zero attached hydrogens (tertiary/aromatic N) is 1. The third-order valence-electron chi connectivity index (χ3n) is 3.83. The van der Waals surface area contributed by atoms with Crippen LogP contribution >= 0.6 is 0 Å². The molecule has 5 heteroatoms. The van der Waals surface area contributed by atoms with Crippen molar-refractivity contribution in [1.29, 1.82) is 0 Å². The van der Waals surface area contributed by atoms with E-state index in [1.807, 2.05) is 6.07 Å². The highest BCUT2D eigenvalue weighted by atomic mass is 16.5. The molecular weight excluding hydrogens is 230 g/mol. The molecule has 0 atom stereocenters. The van der Waals surface area contributed by atoms with Gasteiger partial charge in [0.25, 0.3) is 0 Å². The number of anilines is 2. The normalized spacial score (nSPS) is 20.8. The average molecular weight is 247 g/mol. The van der Waals surface area contributed by atoms with Crippen molar-refractivity contribution in [1.82, 2.24) is 4.98 Å². The lowest BCUT2D eigenvalue weighted by atomic mass is 9.80. The summed E-state index contributed by atoms with van der Waals surface area (Å²) in [5.74, 6) is 1.35. The van der Waals surface area contributed by atoms with E-state index in [-0.39, 0.29) is 5.91 Å². The zero-order chi connectivity index (χ0) is 12.6. The molecule has 2 aliphatic rings. The molecule has 1 aromatic rings. The van der Waals surface area contributed by atoms with E-state index in [0.717, 1.165) is 37.2 Å². The number of carbonyl (C=O) groups is 1. The smallest absolute Gasteiger partial charge is 0.250 e. The number of rotatable bonds is 1. The SMILES string of the molecule is COc1ccc2c(n1)NC1(CCCCC1)C(=O)N2. The molecule has 0 unspecified atom stereocenters. The summed E-state index contributed by atoms with van der Waals surface area (Å²) >= 11 is 0. The summed E-state index contributed by atoms with van der Waals surface area (Å²) in [7, 11) is 1.59. The van der Waals surface area contributed by atoms with Crippen LogP contribution in [-0.2, 0) is 4.79 Å². The Morgan fingerprint density at radius 2 is 2.06 bits per heavy atom. The van der Waals surface area contributed by atoms with E-state index in [2.05, 4.69) is 15.6 Å². The van der Waals surface area contributed by atoms with Crippen molar-refractivity contribution >= 4 is 17.4 Å². The van der Waals surface area contributed by atoms with Crippen LogP contribution < -0.4 is 15.4 Å². The van der Waals surface area contributed by atoms with Crippen molar-refractivity contribution < 1.29 is 9.53 Å². The Hall–Kier alpha value is -1.78. The molecule has 2 N–H and O–H groups in total. The standard InChI is InChI=1S/C13H17N3O2/c1-18-10-6-5-9-11(15-10)16-13(12(17)14-9)7-3-2-4-8-13/h5-6H,2-4,7-8H2,1H3,(H,14,17)(H,15,16). The van der Waals surface area contributed by atoms with E-state index in [9.17, 15) is 4.79 Å². The molecule has 1 aliphatic heterocycles. The average Bonchev–Trinajstić information content (AvgIpc) is 2.41. The predicted molar refractivity (Wildman–Crippen MR) is 68.9 cm³/mol. The molecule has 0 radical (unpaired) electrons. The van der Waals surface area contributed by atoms with Crippen LogP contribution in [0.2, 0.25) is 0 Å². The van der Waals surface area contributed by atoms with Crippen LogP contribution in [0, 0.1) is 0 Å². The number of methoxy groups -OCH3 is 1. The minimum Gasteiger partial charge on any atom is -0.481 e. The monoisotopic (exact) mass is 247 g/mol. The molecule has 3 rings (SSSR count). The number of carbonyl (C=O) groups excluding carboxylic acids is 1. The highest BCUT2D eigenvalue weighted by Crippen LogP contribution is 2.38. The predicted octanol–water partition coefficient (Wildman–Crippen LogP) is 2.16. The van der Waals surface area contributed by atoms with E-state index in [4.69, 9.17) is 4.74 Å². The maximum atomic E-state index is 12.3. The van der Waals surface area contributed by atoms with Gasteiger partial charge in [-0.1, -0.05) is 19.3 Å². The van der Waals surface area contributed by atoms with E-state index in [0.29, 0.717) is 5.88 Å². The van der Waals surface area contributed by atoms with Gasteiger partial charge in [0.05, 0.1) is 12.8 Å². The summed E-state index contributed by atoms with van der Waals surface area (Å²) in [6, 6.07) is 3.57. The Morgan fingerprint density at radius 1 is 1.28 bits per heavy atom. The summed E-state index contributed by atoms with van der Waals surface area (Å²) in [6.07, 6.45) is 5.11. The second kappa shape index (κ2) is 4.15. The zero-order valence-electron chi connectivity index (χ0n) is 10.5. The van der Waals surface area contributed by atoms with Gasteiger partial charge >= 0.3 is 0 Å². The Bertz CT molecular complexity index is 481. The van der Waals surface area contributed by atoms with Crippen LogP contribution in [0.1, 0.15) is 32.1 Å². The Balaban J connectivity index is 1.96. The second-order valence-corrected chi connectivity index (χ2v) is 4.97. The molecular formula is C13H17N3O2. The first kappa shape index (κ1) is 11.3. The van der Waals surface area contributed by atoms with E-state index in [1.165, 1.54) is 6.42 Å². The summed E-state index contributed by atoms with van der Waals surface area (Å²) in [5.41, 5.74) is 0.266. The van der Waals surface area contributed by atoms with Gasteiger partial charge in [0, 0.05) is 6.07 Å². The molecule has 1 spiro atoms. The number of ether oxygens (including phenoxy) is 1. The lowest BCUT2D eigenvalue weighted by Crippen LogP contribution is -2.53. The van der Waals surface area contributed by atoms with E-state index in [1.54, 1.807) is 13.2 Å². The maximum absolute atomic E-state index is 12.3. The summed E-state index contributed by atoms with van der Waals surface area (Å²) in [5, 5.41) is 6.29. The van der Waals surface area contributed by atoms with Gasteiger partial charge in [-0.05, 0) is 18.9 Å². The molecule has 0 aromatic carbocycles. The third kappa shape index (κ3) is 1.70. The van der Waals surface area contributed by atoms with Crippen molar-refractivity contribution in [3.8, 4) is 5.88 Å². The minimum atomic E-state index is -0.468. The van der Waals surface area contributed by atoms with Gasteiger partial charge in [0.2, 0.25) is 11.8 Å². The summed E-state index contributed by atoms with van der Waals surface area (Å²) in [4.78, 5) is 16.6. The van der Waals surface area contributed by atoms with Gasteiger partial charge in [0.1, 0.15) is 5.54 Å². The largest absolute Gasteiger partial charge is 0.481 e. The first-order chi connectivity index (χ1) is 8.73. The van der Waals surface area contributed by atoms with E-state index >= 15 is 0 Å². The molecule has 96 valence electrons. The van der Waals surface area contributed by atoms with Crippen molar-refractivity contribution in [3.05, 3.63) is 12.1 Å². The van der Waals surface area contributed by atoms with Crippen molar-refractivity contribution in [3.63, 3.8) is 0 Å². The summed E-state index contributed by atoms with van der Waals surface area (Å²) in [6.45, 7) is 0. The molecule has 1 amide bonds. The Morgan fingerprint density at radius 3 is 2.78 bits per heavy atom. The second-order valence-electron chi connectivity index (χ2n) is 4.97. The van der Waals surface area contributed by atoms with Crippen LogP contribution in [-0.4, -0.2) is 23.5 Å². The quantitative estimate of drug-likeness (QED) is 0.798. The number of aromatic nitrogens is 1. The number of fused-ring (bicyclic) bond motifs is 1. The van der Waals surface area contributed by atoms with Crippen molar-refractivity contribution in [2.75, 3.05) is 17.7 Å². The number of amides is 1. The maximum Gasteiger partial charge on any atom is 0.250 e. The van der Waals surface area contributed by atoms with Gasteiger partial charge in [-0.25, -0.2) is 0 Å². The van der Waals surface area contributed by atoms with Crippen LogP contribution in [0.15, 0.2) is 12.1 Å². The molecule has 1 aromatic heterocycles. The fourth-order valence-electron chi connectivity index (χ4n) is 2.78. The van der Waals surface area contributed by atoms with Crippen molar-refractivity contribution in [2.24, 2.45) is 0 Å². The van der Waals surface area contributed by atoms with Gasteiger partial charge in [0.15, 0.2) is 5.82 Å². The molecule has 1 fully saturated rings. The molecule has 2 heterocycles. The zero-order valence-corrected chi connectivity index (χ0v) is 10.5. The third-order valence-corrected chi connectivity index (χ3v) is 3.83. The lowest BCUT2D eigenvalue weighted by molar-refractivity contribution is -0.121. The fraction of sp³-hybridized carbons (Fsp3) is 0.538. The van der Waals surface area contributed by atoms with Gasteiger partial charge in [-0.15, -0.1) is 0 Å².